The normalized spacial score (nSPS) is 10.3. The SMILES string of the molecule is COC(=O)CN(CCc1ccccc1)Cc1cnc(N)s1.Cl. The van der Waals surface area contributed by atoms with E-state index in [2.05, 4.69) is 17.1 Å². The van der Waals surface area contributed by atoms with Crippen molar-refractivity contribution in [3.8, 4) is 0 Å². The summed E-state index contributed by atoms with van der Waals surface area (Å²) >= 11 is 1.45. The minimum absolute atomic E-state index is 0. The molecule has 2 aromatic rings. The fourth-order valence-electron chi connectivity index (χ4n) is 2.01. The maximum absolute atomic E-state index is 11.5. The highest BCUT2D eigenvalue weighted by molar-refractivity contribution is 7.15. The number of thiazole rings is 1. The third-order valence-electron chi connectivity index (χ3n) is 3.09. The molecule has 0 fully saturated rings. The van der Waals surface area contributed by atoms with Crippen LogP contribution in [0.4, 0.5) is 5.13 Å². The summed E-state index contributed by atoms with van der Waals surface area (Å²) in [6, 6.07) is 10.2. The van der Waals surface area contributed by atoms with Crippen molar-refractivity contribution >= 4 is 34.8 Å². The number of methoxy groups -OCH3 is 1. The molecule has 0 aliphatic heterocycles. The quantitative estimate of drug-likeness (QED) is 0.783. The Bertz CT molecular complexity index is 577. The number of nitrogen functional groups attached to an aromatic ring is 1. The molecule has 0 saturated carbocycles. The molecule has 22 heavy (non-hydrogen) atoms. The number of carbonyl (C=O) groups is 1. The van der Waals surface area contributed by atoms with E-state index in [0.717, 1.165) is 17.8 Å². The molecule has 1 aromatic heterocycles. The predicted molar refractivity (Wildman–Crippen MR) is 91.2 cm³/mol. The van der Waals surface area contributed by atoms with Gasteiger partial charge in [0.15, 0.2) is 5.13 Å². The molecule has 0 aliphatic rings. The molecule has 1 heterocycles. The molecule has 0 spiro atoms. The number of aromatic nitrogens is 1. The van der Waals surface area contributed by atoms with E-state index in [-0.39, 0.29) is 24.9 Å². The summed E-state index contributed by atoms with van der Waals surface area (Å²) in [5.74, 6) is -0.236. The van der Waals surface area contributed by atoms with Gasteiger partial charge in [0.05, 0.1) is 13.7 Å². The number of halogens is 1. The average Bonchev–Trinajstić information content (AvgIpc) is 2.91. The number of anilines is 1. The Hall–Kier alpha value is -1.63. The number of hydrogen-bond acceptors (Lipinski definition) is 6. The van der Waals surface area contributed by atoms with Crippen LogP contribution in [0.5, 0.6) is 0 Å². The highest BCUT2D eigenvalue weighted by Gasteiger charge is 2.13. The fourth-order valence-corrected chi connectivity index (χ4v) is 2.74. The standard InChI is InChI=1S/C15H19N3O2S.ClH/c1-20-14(19)11-18(10-13-9-17-15(16)21-13)8-7-12-5-3-2-4-6-12;/h2-6,9H,7-8,10-11H2,1H3,(H2,16,17);1H. The zero-order valence-corrected chi connectivity index (χ0v) is 14.0. The summed E-state index contributed by atoms with van der Waals surface area (Å²) in [5.41, 5.74) is 6.89. The van der Waals surface area contributed by atoms with Crippen LogP contribution in [0, 0.1) is 0 Å². The molecule has 120 valence electrons. The van der Waals surface area contributed by atoms with E-state index in [1.54, 1.807) is 6.20 Å². The smallest absolute Gasteiger partial charge is 0.319 e. The zero-order valence-electron chi connectivity index (χ0n) is 12.4. The molecular weight excluding hydrogens is 322 g/mol. The first-order chi connectivity index (χ1) is 10.2. The number of benzene rings is 1. The first-order valence-electron chi connectivity index (χ1n) is 6.70. The predicted octanol–water partition coefficient (Wildman–Crippen LogP) is 2.36. The van der Waals surface area contributed by atoms with Crippen molar-refractivity contribution < 1.29 is 9.53 Å². The van der Waals surface area contributed by atoms with Crippen LogP contribution >= 0.6 is 23.7 Å². The second kappa shape index (κ2) is 9.40. The molecule has 0 amide bonds. The summed E-state index contributed by atoms with van der Waals surface area (Å²) in [6.07, 6.45) is 2.64. The van der Waals surface area contributed by atoms with Crippen molar-refractivity contribution in [1.29, 1.82) is 0 Å². The Kier molecular flexibility index (Phi) is 7.87. The molecule has 0 bridgehead atoms. The van der Waals surface area contributed by atoms with Gasteiger partial charge in [0.25, 0.3) is 0 Å². The van der Waals surface area contributed by atoms with E-state index < -0.39 is 0 Å². The Morgan fingerprint density at radius 3 is 2.68 bits per heavy atom. The third-order valence-corrected chi connectivity index (χ3v) is 3.90. The third kappa shape index (κ3) is 6.01. The van der Waals surface area contributed by atoms with Crippen molar-refractivity contribution in [2.75, 3.05) is 25.9 Å². The monoisotopic (exact) mass is 341 g/mol. The van der Waals surface area contributed by atoms with E-state index >= 15 is 0 Å². The largest absolute Gasteiger partial charge is 0.468 e. The van der Waals surface area contributed by atoms with Crippen LogP contribution in [0.15, 0.2) is 36.5 Å². The van der Waals surface area contributed by atoms with Gasteiger partial charge in [0.2, 0.25) is 0 Å². The molecule has 2 rings (SSSR count). The van der Waals surface area contributed by atoms with Gasteiger partial charge in [0, 0.05) is 24.2 Å². The molecule has 7 heteroatoms. The molecule has 2 N–H and O–H groups in total. The number of ether oxygens (including phenoxy) is 1. The lowest BCUT2D eigenvalue weighted by molar-refractivity contribution is -0.142. The summed E-state index contributed by atoms with van der Waals surface area (Å²) in [4.78, 5) is 18.7. The van der Waals surface area contributed by atoms with Gasteiger partial charge in [-0.25, -0.2) is 4.98 Å². The van der Waals surface area contributed by atoms with Gasteiger partial charge in [-0.2, -0.15) is 0 Å². The Morgan fingerprint density at radius 1 is 1.36 bits per heavy atom. The molecule has 1 aromatic carbocycles. The number of carbonyl (C=O) groups excluding carboxylic acids is 1. The van der Waals surface area contributed by atoms with Gasteiger partial charge >= 0.3 is 5.97 Å². The first-order valence-corrected chi connectivity index (χ1v) is 7.52. The second-order valence-corrected chi connectivity index (χ2v) is 5.83. The maximum Gasteiger partial charge on any atom is 0.319 e. The minimum atomic E-state index is -0.236. The van der Waals surface area contributed by atoms with Crippen molar-refractivity contribution in [3.05, 3.63) is 47.0 Å². The van der Waals surface area contributed by atoms with Crippen LogP contribution in [0.2, 0.25) is 0 Å². The Morgan fingerprint density at radius 2 is 2.09 bits per heavy atom. The van der Waals surface area contributed by atoms with Crippen LogP contribution in [0.1, 0.15) is 10.4 Å². The van der Waals surface area contributed by atoms with Crippen LogP contribution in [0.25, 0.3) is 0 Å². The van der Waals surface area contributed by atoms with Crippen molar-refractivity contribution in [3.63, 3.8) is 0 Å². The van der Waals surface area contributed by atoms with Gasteiger partial charge in [-0.05, 0) is 12.0 Å². The summed E-state index contributed by atoms with van der Waals surface area (Å²) in [7, 11) is 1.41. The van der Waals surface area contributed by atoms with Crippen LogP contribution in [-0.2, 0) is 22.5 Å². The molecule has 0 atom stereocenters. The van der Waals surface area contributed by atoms with Crippen molar-refractivity contribution in [1.82, 2.24) is 9.88 Å². The highest BCUT2D eigenvalue weighted by atomic mass is 35.5. The number of hydrogen-bond donors (Lipinski definition) is 1. The first kappa shape index (κ1) is 18.4. The van der Waals surface area contributed by atoms with E-state index in [0.29, 0.717) is 11.7 Å². The highest BCUT2D eigenvalue weighted by Crippen LogP contribution is 2.16. The summed E-state index contributed by atoms with van der Waals surface area (Å²) < 4.78 is 4.76. The van der Waals surface area contributed by atoms with Gasteiger partial charge in [0.1, 0.15) is 0 Å². The zero-order chi connectivity index (χ0) is 15.1. The van der Waals surface area contributed by atoms with Crippen LogP contribution in [0.3, 0.4) is 0 Å². The average molecular weight is 342 g/mol. The molecule has 0 saturated heterocycles. The molecule has 0 aliphatic carbocycles. The topological polar surface area (TPSA) is 68.5 Å². The fraction of sp³-hybridized carbons (Fsp3) is 0.333. The minimum Gasteiger partial charge on any atom is -0.468 e. The van der Waals surface area contributed by atoms with Gasteiger partial charge in [-0.3, -0.25) is 9.69 Å². The Balaban J connectivity index is 0.00000242. The lowest BCUT2D eigenvalue weighted by Gasteiger charge is -2.20. The second-order valence-electron chi connectivity index (χ2n) is 4.69. The molecule has 0 unspecified atom stereocenters. The van der Waals surface area contributed by atoms with E-state index in [1.807, 2.05) is 23.1 Å². The lowest BCUT2D eigenvalue weighted by atomic mass is 10.1. The van der Waals surface area contributed by atoms with Crippen LogP contribution in [-0.4, -0.2) is 36.1 Å². The van der Waals surface area contributed by atoms with Crippen LogP contribution < -0.4 is 5.73 Å². The summed E-state index contributed by atoms with van der Waals surface area (Å²) in [5, 5.41) is 0.547. The molecule has 0 radical (unpaired) electrons. The van der Waals surface area contributed by atoms with Gasteiger partial charge in [-0.1, -0.05) is 30.3 Å². The maximum atomic E-state index is 11.5. The van der Waals surface area contributed by atoms with Crippen molar-refractivity contribution in [2.45, 2.75) is 13.0 Å². The van der Waals surface area contributed by atoms with Gasteiger partial charge < -0.3 is 10.5 Å². The van der Waals surface area contributed by atoms with E-state index in [1.165, 1.54) is 24.0 Å². The van der Waals surface area contributed by atoms with E-state index in [4.69, 9.17) is 10.5 Å². The number of rotatable bonds is 7. The molecule has 5 nitrogen and oxygen atoms in total. The number of nitrogens with zero attached hydrogens (tertiary/aromatic N) is 2. The lowest BCUT2D eigenvalue weighted by Crippen LogP contribution is -2.31. The van der Waals surface area contributed by atoms with Crippen molar-refractivity contribution in [2.24, 2.45) is 0 Å². The molecular formula is C15H20ClN3O2S. The Labute approximate surface area is 140 Å². The number of nitrogens with two attached hydrogens (primary N) is 1. The van der Waals surface area contributed by atoms with Gasteiger partial charge in [-0.15, -0.1) is 23.7 Å². The summed E-state index contributed by atoms with van der Waals surface area (Å²) in [6.45, 7) is 1.69. The number of esters is 1. The van der Waals surface area contributed by atoms with E-state index in [9.17, 15) is 4.79 Å².